The van der Waals surface area contributed by atoms with E-state index >= 15 is 0 Å². The molecule has 2 amide bonds. The predicted molar refractivity (Wildman–Crippen MR) is 79.0 cm³/mol. The monoisotopic (exact) mass is 312 g/mol. The van der Waals surface area contributed by atoms with E-state index in [1.807, 2.05) is 6.92 Å². The fraction of sp³-hybridized carbons (Fsp3) is 0.429. The molecular weight excluding hydrogens is 296 g/mol. The van der Waals surface area contributed by atoms with Crippen LogP contribution in [-0.2, 0) is 4.74 Å². The van der Waals surface area contributed by atoms with Crippen LogP contribution in [0.25, 0.3) is 0 Å². The van der Waals surface area contributed by atoms with Crippen LogP contribution in [0.1, 0.15) is 23.7 Å². The maximum Gasteiger partial charge on any atom is 0.337 e. The van der Waals surface area contributed by atoms with Gasteiger partial charge >= 0.3 is 12.0 Å². The number of amides is 2. The lowest BCUT2D eigenvalue weighted by atomic mass is 10.2. The van der Waals surface area contributed by atoms with Crippen molar-refractivity contribution in [3.63, 3.8) is 0 Å². The van der Waals surface area contributed by atoms with Gasteiger partial charge in [-0.3, -0.25) is 0 Å². The molecule has 1 saturated heterocycles. The van der Waals surface area contributed by atoms with Gasteiger partial charge in [0.05, 0.1) is 17.4 Å². The number of carboxylic acid groups (broad SMARTS) is 1. The van der Waals surface area contributed by atoms with Crippen LogP contribution in [0.2, 0.25) is 5.02 Å². The Morgan fingerprint density at radius 2 is 2.24 bits per heavy atom. The van der Waals surface area contributed by atoms with Crippen molar-refractivity contribution in [2.24, 2.45) is 0 Å². The van der Waals surface area contributed by atoms with E-state index < -0.39 is 5.97 Å². The topological polar surface area (TPSA) is 78.9 Å². The molecule has 114 valence electrons. The SMILES string of the molecule is CC1CN(C(=O)Nc2ccc(Cl)cc2C(=O)O)CCCO1. The lowest BCUT2D eigenvalue weighted by Gasteiger charge is -2.23. The number of carboxylic acids is 1. The number of anilines is 1. The summed E-state index contributed by atoms with van der Waals surface area (Å²) in [4.78, 5) is 25.1. The molecule has 0 aliphatic carbocycles. The van der Waals surface area contributed by atoms with E-state index in [4.69, 9.17) is 21.4 Å². The number of urea groups is 1. The summed E-state index contributed by atoms with van der Waals surface area (Å²) in [6.07, 6.45) is 0.715. The first kappa shape index (κ1) is 15.6. The van der Waals surface area contributed by atoms with Gasteiger partial charge in [-0.15, -0.1) is 0 Å². The summed E-state index contributed by atoms with van der Waals surface area (Å²) >= 11 is 5.78. The van der Waals surface area contributed by atoms with Gasteiger partial charge in [0.1, 0.15) is 0 Å². The third kappa shape index (κ3) is 4.09. The number of carbonyl (C=O) groups is 2. The molecule has 7 heteroatoms. The average Bonchev–Trinajstić information content (AvgIpc) is 2.65. The van der Waals surface area contributed by atoms with Crippen LogP contribution in [0.4, 0.5) is 10.5 Å². The Kier molecular flexibility index (Phi) is 5.03. The molecule has 1 aliphatic rings. The number of halogens is 1. The summed E-state index contributed by atoms with van der Waals surface area (Å²) in [5, 5.41) is 12.1. The zero-order valence-corrected chi connectivity index (χ0v) is 12.4. The van der Waals surface area contributed by atoms with Crippen LogP contribution in [0.5, 0.6) is 0 Å². The smallest absolute Gasteiger partial charge is 0.337 e. The van der Waals surface area contributed by atoms with Crippen molar-refractivity contribution >= 4 is 29.3 Å². The number of rotatable bonds is 2. The predicted octanol–water partition coefficient (Wildman–Crippen LogP) is 2.68. The first-order valence-corrected chi connectivity index (χ1v) is 7.05. The van der Waals surface area contributed by atoms with Gasteiger partial charge in [0.25, 0.3) is 0 Å². The molecule has 1 aromatic carbocycles. The summed E-state index contributed by atoms with van der Waals surface area (Å²) in [5.41, 5.74) is 0.199. The fourth-order valence-corrected chi connectivity index (χ4v) is 2.35. The number of benzene rings is 1. The highest BCUT2D eigenvalue weighted by Gasteiger charge is 2.21. The van der Waals surface area contributed by atoms with Crippen LogP contribution < -0.4 is 5.32 Å². The second-order valence-corrected chi connectivity index (χ2v) is 5.34. The maximum atomic E-state index is 12.3. The Hall–Kier alpha value is -1.79. The van der Waals surface area contributed by atoms with E-state index in [0.717, 1.165) is 6.42 Å². The number of carbonyl (C=O) groups excluding carboxylic acids is 1. The van der Waals surface area contributed by atoms with Crippen molar-refractivity contribution in [2.45, 2.75) is 19.4 Å². The molecule has 21 heavy (non-hydrogen) atoms. The van der Waals surface area contributed by atoms with Gasteiger partial charge in [0.15, 0.2) is 0 Å². The summed E-state index contributed by atoms with van der Waals surface area (Å²) in [7, 11) is 0. The molecule has 6 nitrogen and oxygen atoms in total. The van der Waals surface area contributed by atoms with E-state index in [0.29, 0.717) is 24.7 Å². The Morgan fingerprint density at radius 3 is 2.95 bits per heavy atom. The normalized spacial score (nSPS) is 19.0. The minimum Gasteiger partial charge on any atom is -0.478 e. The van der Waals surface area contributed by atoms with Crippen molar-refractivity contribution < 1.29 is 19.4 Å². The highest BCUT2D eigenvalue weighted by molar-refractivity contribution is 6.31. The van der Waals surface area contributed by atoms with E-state index in [-0.39, 0.29) is 23.4 Å². The molecule has 0 saturated carbocycles. The number of aromatic carboxylic acids is 1. The quantitative estimate of drug-likeness (QED) is 0.880. The number of nitrogens with one attached hydrogen (secondary N) is 1. The summed E-state index contributed by atoms with van der Waals surface area (Å²) in [6.45, 7) is 3.57. The molecular formula is C14H17ClN2O4. The molecule has 2 rings (SSSR count). The third-order valence-electron chi connectivity index (χ3n) is 3.19. The summed E-state index contributed by atoms with van der Waals surface area (Å²) in [5.74, 6) is -1.14. The van der Waals surface area contributed by atoms with Crippen molar-refractivity contribution in [2.75, 3.05) is 25.0 Å². The second-order valence-electron chi connectivity index (χ2n) is 4.91. The standard InChI is InChI=1S/C14H17ClN2O4/c1-9-8-17(5-2-6-21-9)14(20)16-12-4-3-10(15)7-11(12)13(18)19/h3-4,7,9H,2,5-6,8H2,1H3,(H,16,20)(H,18,19). The molecule has 1 atom stereocenters. The van der Waals surface area contributed by atoms with Crippen molar-refractivity contribution in [3.8, 4) is 0 Å². The van der Waals surface area contributed by atoms with Crippen molar-refractivity contribution in [1.29, 1.82) is 0 Å². The molecule has 1 aliphatic heterocycles. The molecule has 0 radical (unpaired) electrons. The van der Waals surface area contributed by atoms with Gasteiger partial charge in [-0.1, -0.05) is 11.6 Å². The molecule has 1 aromatic rings. The Labute approximate surface area is 127 Å². The van der Waals surface area contributed by atoms with Gasteiger partial charge in [0, 0.05) is 24.7 Å². The highest BCUT2D eigenvalue weighted by Crippen LogP contribution is 2.21. The van der Waals surface area contributed by atoms with Gasteiger partial charge in [0.2, 0.25) is 0 Å². The van der Waals surface area contributed by atoms with E-state index in [1.54, 1.807) is 4.90 Å². The average molecular weight is 313 g/mol. The van der Waals surface area contributed by atoms with Crippen LogP contribution in [-0.4, -0.2) is 47.8 Å². The Balaban J connectivity index is 2.13. The van der Waals surface area contributed by atoms with Crippen molar-refractivity contribution in [1.82, 2.24) is 4.90 Å². The van der Waals surface area contributed by atoms with Crippen molar-refractivity contribution in [3.05, 3.63) is 28.8 Å². The summed E-state index contributed by atoms with van der Waals surface area (Å²) in [6, 6.07) is 4.00. The van der Waals surface area contributed by atoms with Gasteiger partial charge in [-0.2, -0.15) is 0 Å². The minimum absolute atomic E-state index is 0.0324. The van der Waals surface area contributed by atoms with Crippen LogP contribution in [0.15, 0.2) is 18.2 Å². The van der Waals surface area contributed by atoms with Crippen LogP contribution in [0, 0.1) is 0 Å². The Morgan fingerprint density at radius 1 is 1.48 bits per heavy atom. The van der Waals surface area contributed by atoms with Crippen LogP contribution >= 0.6 is 11.6 Å². The lowest BCUT2D eigenvalue weighted by Crippen LogP contribution is -2.39. The number of nitrogens with zero attached hydrogens (tertiary/aromatic N) is 1. The molecule has 1 unspecified atom stereocenters. The zero-order valence-electron chi connectivity index (χ0n) is 11.6. The van der Waals surface area contributed by atoms with E-state index in [2.05, 4.69) is 5.32 Å². The molecule has 2 N–H and O–H groups in total. The highest BCUT2D eigenvalue weighted by atomic mass is 35.5. The second kappa shape index (κ2) is 6.78. The molecule has 1 fully saturated rings. The number of hydrogen-bond donors (Lipinski definition) is 2. The Bertz CT molecular complexity index is 550. The van der Waals surface area contributed by atoms with E-state index in [9.17, 15) is 9.59 Å². The fourth-order valence-electron chi connectivity index (χ4n) is 2.18. The molecule has 0 spiro atoms. The maximum absolute atomic E-state index is 12.3. The van der Waals surface area contributed by atoms with Crippen LogP contribution in [0.3, 0.4) is 0 Å². The first-order valence-electron chi connectivity index (χ1n) is 6.67. The summed E-state index contributed by atoms with van der Waals surface area (Å²) < 4.78 is 5.48. The first-order chi connectivity index (χ1) is 9.97. The largest absolute Gasteiger partial charge is 0.478 e. The van der Waals surface area contributed by atoms with Gasteiger partial charge < -0.3 is 20.1 Å². The van der Waals surface area contributed by atoms with Gasteiger partial charge in [-0.25, -0.2) is 9.59 Å². The lowest BCUT2D eigenvalue weighted by molar-refractivity contribution is 0.0696. The molecule has 0 aromatic heterocycles. The number of hydrogen-bond acceptors (Lipinski definition) is 3. The minimum atomic E-state index is -1.14. The zero-order chi connectivity index (χ0) is 15.4. The third-order valence-corrected chi connectivity index (χ3v) is 3.43. The molecule has 1 heterocycles. The van der Waals surface area contributed by atoms with E-state index in [1.165, 1.54) is 18.2 Å². The van der Waals surface area contributed by atoms with Gasteiger partial charge in [-0.05, 0) is 31.5 Å². The number of ether oxygens (including phenoxy) is 1. The molecule has 0 bridgehead atoms.